The summed E-state index contributed by atoms with van der Waals surface area (Å²) >= 11 is 0. The zero-order chi connectivity index (χ0) is 22.4. The van der Waals surface area contributed by atoms with Gasteiger partial charge in [-0.25, -0.2) is 18.0 Å². The minimum atomic E-state index is -0.696. The summed E-state index contributed by atoms with van der Waals surface area (Å²) in [5.74, 6) is -2.01. The molecular formula is C23H21F3N4O2. The van der Waals surface area contributed by atoms with Crippen LogP contribution in [0.1, 0.15) is 30.7 Å². The molecule has 2 aliphatic rings. The van der Waals surface area contributed by atoms with E-state index in [9.17, 15) is 22.8 Å². The molecule has 5 rings (SSSR count). The average Bonchev–Trinajstić information content (AvgIpc) is 3.29. The molecule has 1 aliphatic carbocycles. The molecule has 166 valence electrons. The molecule has 0 unspecified atom stereocenters. The molecule has 6 nitrogen and oxygen atoms in total. The zero-order valence-electron chi connectivity index (χ0n) is 17.0. The topological polar surface area (TPSA) is 86.0 Å². The molecule has 1 saturated heterocycles. The molecule has 0 radical (unpaired) electrons. The summed E-state index contributed by atoms with van der Waals surface area (Å²) in [5.41, 5.74) is 2.22. The summed E-state index contributed by atoms with van der Waals surface area (Å²) < 4.78 is 41.9. The van der Waals surface area contributed by atoms with E-state index in [0.717, 1.165) is 11.6 Å². The van der Waals surface area contributed by atoms with Gasteiger partial charge in [0.1, 0.15) is 23.5 Å². The van der Waals surface area contributed by atoms with Crippen molar-refractivity contribution >= 4 is 22.8 Å². The maximum atomic E-state index is 14.5. The minimum Gasteiger partial charge on any atom is -0.354 e. The standard InChI is InChI=1S/C23H21F3N4O2/c24-13-3-1-11(2-4-13)20-19(16-9-14(25)10-17(26)21(16)30-20)12-7-15(8-12)28-23(32)29-18-5-6-27-22(18)31/h1-4,9-10,12,15,18,30H,5-8H2,(H,27,31)(H2,28,29,32)/t12?,15?,18-/m0/s1. The molecule has 2 heterocycles. The van der Waals surface area contributed by atoms with Crippen LogP contribution in [0.3, 0.4) is 0 Å². The molecule has 2 aromatic carbocycles. The molecule has 1 saturated carbocycles. The number of benzene rings is 2. The van der Waals surface area contributed by atoms with Gasteiger partial charge in [0.2, 0.25) is 5.91 Å². The number of carbonyl (C=O) groups excluding carboxylic acids is 2. The van der Waals surface area contributed by atoms with Crippen LogP contribution in [0.15, 0.2) is 36.4 Å². The summed E-state index contributed by atoms with van der Waals surface area (Å²) in [7, 11) is 0. The van der Waals surface area contributed by atoms with Gasteiger partial charge in [-0.1, -0.05) is 0 Å². The Bertz CT molecular complexity index is 1200. The van der Waals surface area contributed by atoms with Crippen LogP contribution in [0.2, 0.25) is 0 Å². The summed E-state index contributed by atoms with van der Waals surface area (Å²) in [4.78, 5) is 26.9. The molecule has 0 spiro atoms. The highest BCUT2D eigenvalue weighted by Gasteiger charge is 2.36. The third-order valence-electron chi connectivity index (χ3n) is 6.23. The van der Waals surface area contributed by atoms with Gasteiger partial charge in [-0.15, -0.1) is 0 Å². The van der Waals surface area contributed by atoms with Crippen LogP contribution < -0.4 is 16.0 Å². The first-order chi connectivity index (χ1) is 15.4. The number of hydrogen-bond acceptors (Lipinski definition) is 2. The second-order valence-corrected chi connectivity index (χ2v) is 8.35. The maximum absolute atomic E-state index is 14.5. The Morgan fingerprint density at radius 1 is 1.00 bits per heavy atom. The molecule has 0 bridgehead atoms. The Kier molecular flexibility index (Phi) is 5.03. The highest BCUT2D eigenvalue weighted by molar-refractivity contribution is 5.92. The Morgan fingerprint density at radius 2 is 1.75 bits per heavy atom. The third kappa shape index (κ3) is 3.68. The van der Waals surface area contributed by atoms with E-state index in [2.05, 4.69) is 20.9 Å². The monoisotopic (exact) mass is 442 g/mol. The van der Waals surface area contributed by atoms with Crippen LogP contribution in [0.5, 0.6) is 0 Å². The lowest BCUT2D eigenvalue weighted by Crippen LogP contribution is -2.51. The smallest absolute Gasteiger partial charge is 0.315 e. The summed E-state index contributed by atoms with van der Waals surface area (Å²) in [5, 5.41) is 8.62. The summed E-state index contributed by atoms with van der Waals surface area (Å²) in [6.07, 6.45) is 1.69. The fourth-order valence-corrected chi connectivity index (χ4v) is 4.60. The zero-order valence-corrected chi connectivity index (χ0v) is 17.0. The predicted octanol–water partition coefficient (Wildman–Crippen LogP) is 3.69. The second-order valence-electron chi connectivity index (χ2n) is 8.35. The van der Waals surface area contributed by atoms with Gasteiger partial charge in [-0.3, -0.25) is 4.79 Å². The van der Waals surface area contributed by atoms with Gasteiger partial charge >= 0.3 is 6.03 Å². The van der Waals surface area contributed by atoms with E-state index in [-0.39, 0.29) is 23.4 Å². The summed E-state index contributed by atoms with van der Waals surface area (Å²) in [6, 6.07) is 6.86. The van der Waals surface area contributed by atoms with E-state index in [1.807, 2.05) is 0 Å². The number of carbonyl (C=O) groups is 2. The SMILES string of the molecule is O=C(NC1CC(c2c(-c3ccc(F)cc3)[nH]c3c(F)cc(F)cc23)C1)N[C@H]1CCNC1=O. The van der Waals surface area contributed by atoms with Crippen molar-refractivity contribution in [3.05, 3.63) is 59.4 Å². The maximum Gasteiger partial charge on any atom is 0.315 e. The first kappa shape index (κ1) is 20.4. The number of aromatic amines is 1. The number of hydrogen-bond donors (Lipinski definition) is 4. The van der Waals surface area contributed by atoms with Crippen LogP contribution in [0.25, 0.3) is 22.2 Å². The van der Waals surface area contributed by atoms with Crippen LogP contribution >= 0.6 is 0 Å². The third-order valence-corrected chi connectivity index (χ3v) is 6.23. The van der Waals surface area contributed by atoms with Crippen molar-refractivity contribution in [3.63, 3.8) is 0 Å². The van der Waals surface area contributed by atoms with Crippen LogP contribution in [0, 0.1) is 17.5 Å². The van der Waals surface area contributed by atoms with E-state index in [1.165, 1.54) is 18.2 Å². The van der Waals surface area contributed by atoms with Crippen LogP contribution in [0.4, 0.5) is 18.0 Å². The first-order valence-electron chi connectivity index (χ1n) is 10.5. The average molecular weight is 442 g/mol. The van der Waals surface area contributed by atoms with E-state index in [1.54, 1.807) is 12.1 Å². The minimum absolute atomic E-state index is 0.0508. The first-order valence-corrected chi connectivity index (χ1v) is 10.5. The van der Waals surface area contributed by atoms with Crippen molar-refractivity contribution in [2.24, 2.45) is 0 Å². The van der Waals surface area contributed by atoms with Crippen molar-refractivity contribution in [3.8, 4) is 11.3 Å². The normalized spacial score (nSPS) is 22.5. The second kappa shape index (κ2) is 7.89. The van der Waals surface area contributed by atoms with Crippen molar-refractivity contribution in [1.82, 2.24) is 20.9 Å². The Labute approximate surface area is 181 Å². The van der Waals surface area contributed by atoms with Crippen molar-refractivity contribution < 1.29 is 22.8 Å². The molecular weight excluding hydrogens is 421 g/mol. The predicted molar refractivity (Wildman–Crippen MR) is 112 cm³/mol. The molecule has 4 N–H and O–H groups in total. The lowest BCUT2D eigenvalue weighted by atomic mass is 9.74. The van der Waals surface area contributed by atoms with Crippen molar-refractivity contribution in [1.29, 1.82) is 0 Å². The molecule has 9 heteroatoms. The molecule has 32 heavy (non-hydrogen) atoms. The number of nitrogens with one attached hydrogen (secondary N) is 4. The van der Waals surface area contributed by atoms with Gasteiger partial charge in [-0.2, -0.15) is 0 Å². The van der Waals surface area contributed by atoms with Gasteiger partial charge in [-0.05, 0) is 66.6 Å². The fourth-order valence-electron chi connectivity index (χ4n) is 4.60. The molecule has 2 fully saturated rings. The molecule has 1 atom stereocenters. The van der Waals surface area contributed by atoms with E-state index in [0.29, 0.717) is 42.5 Å². The van der Waals surface area contributed by atoms with Crippen LogP contribution in [-0.2, 0) is 4.79 Å². The number of amides is 3. The summed E-state index contributed by atoms with van der Waals surface area (Å²) in [6.45, 7) is 0.537. The van der Waals surface area contributed by atoms with Crippen molar-refractivity contribution in [2.75, 3.05) is 6.54 Å². The molecule has 3 aromatic rings. The number of H-pyrrole nitrogens is 1. The lowest BCUT2D eigenvalue weighted by molar-refractivity contribution is -0.120. The molecule has 1 aliphatic heterocycles. The van der Waals surface area contributed by atoms with E-state index < -0.39 is 29.5 Å². The Balaban J connectivity index is 1.38. The molecule has 3 amide bonds. The Hall–Kier alpha value is -3.49. The van der Waals surface area contributed by atoms with Gasteiger partial charge in [0.05, 0.1) is 11.2 Å². The number of fused-ring (bicyclic) bond motifs is 1. The van der Waals surface area contributed by atoms with Crippen molar-refractivity contribution in [2.45, 2.75) is 37.3 Å². The van der Waals surface area contributed by atoms with E-state index >= 15 is 0 Å². The van der Waals surface area contributed by atoms with Gasteiger partial charge in [0, 0.05) is 24.0 Å². The van der Waals surface area contributed by atoms with E-state index in [4.69, 9.17) is 0 Å². The lowest BCUT2D eigenvalue weighted by Gasteiger charge is -2.36. The Morgan fingerprint density at radius 3 is 2.44 bits per heavy atom. The largest absolute Gasteiger partial charge is 0.354 e. The van der Waals surface area contributed by atoms with Crippen LogP contribution in [-0.4, -0.2) is 35.6 Å². The number of halogens is 3. The number of rotatable bonds is 4. The quantitative estimate of drug-likeness (QED) is 0.497. The number of aromatic nitrogens is 1. The highest BCUT2D eigenvalue weighted by Crippen LogP contribution is 2.45. The van der Waals surface area contributed by atoms with Gasteiger partial charge < -0.3 is 20.9 Å². The van der Waals surface area contributed by atoms with Gasteiger partial charge in [0.25, 0.3) is 0 Å². The van der Waals surface area contributed by atoms with Gasteiger partial charge in [0.15, 0.2) is 0 Å². The number of urea groups is 1. The fraction of sp³-hybridized carbons (Fsp3) is 0.304. The highest BCUT2D eigenvalue weighted by atomic mass is 19.1. The molecule has 1 aromatic heterocycles.